The number of hydrogen-bond acceptors (Lipinski definition) is 4. The molecule has 6 heteroatoms. The largest absolute Gasteiger partial charge is 0.508 e. The fourth-order valence-corrected chi connectivity index (χ4v) is 2.67. The summed E-state index contributed by atoms with van der Waals surface area (Å²) in [5.74, 6) is 0.322. The van der Waals surface area contributed by atoms with Gasteiger partial charge < -0.3 is 14.7 Å². The first-order valence-corrected chi connectivity index (χ1v) is 7.36. The van der Waals surface area contributed by atoms with E-state index in [4.69, 9.17) is 4.74 Å². The summed E-state index contributed by atoms with van der Waals surface area (Å²) in [5.41, 5.74) is 1.06. The normalized spacial score (nSPS) is 16.4. The Bertz CT molecular complexity index is 473. The molecule has 1 aromatic carbocycles. The highest BCUT2D eigenvalue weighted by Crippen LogP contribution is 2.23. The molecule has 0 radical (unpaired) electrons. The lowest BCUT2D eigenvalue weighted by atomic mass is 10.2. The lowest BCUT2D eigenvalue weighted by Gasteiger charge is -2.34. The second kappa shape index (κ2) is 7.06. The van der Waals surface area contributed by atoms with E-state index in [0.29, 0.717) is 0 Å². The van der Waals surface area contributed by atoms with E-state index in [1.54, 1.807) is 12.1 Å². The lowest BCUT2D eigenvalue weighted by molar-refractivity contribution is -0.136. The number of carbonyl (C=O) groups excluding carboxylic acids is 1. The molecular formula is C14H19BrN2O3. The Labute approximate surface area is 127 Å². The lowest BCUT2D eigenvalue weighted by Crippen LogP contribution is -2.49. The van der Waals surface area contributed by atoms with Crippen molar-refractivity contribution < 1.29 is 14.6 Å². The van der Waals surface area contributed by atoms with E-state index >= 15 is 0 Å². The third-order valence-electron chi connectivity index (χ3n) is 3.42. The standard InChI is InChI=1S/C14H19BrN2O3/c1-20-10-14(19)17-6-4-16(5-7-17)9-11-8-12(18)2-3-13(11)15/h2-3,8,18H,4-7,9-10H2,1H3. The van der Waals surface area contributed by atoms with E-state index in [-0.39, 0.29) is 18.3 Å². The van der Waals surface area contributed by atoms with Crippen LogP contribution in [0.2, 0.25) is 0 Å². The molecule has 1 saturated heterocycles. The van der Waals surface area contributed by atoms with Crippen LogP contribution in [0, 0.1) is 0 Å². The SMILES string of the molecule is COCC(=O)N1CCN(Cc2cc(O)ccc2Br)CC1. The molecule has 0 aromatic heterocycles. The molecule has 2 rings (SSSR count). The molecule has 0 aliphatic carbocycles. The minimum absolute atomic E-state index is 0.0469. The first-order chi connectivity index (χ1) is 9.60. The van der Waals surface area contributed by atoms with Crippen LogP contribution >= 0.6 is 15.9 Å². The summed E-state index contributed by atoms with van der Waals surface area (Å²) in [4.78, 5) is 15.8. The quantitative estimate of drug-likeness (QED) is 0.899. The first kappa shape index (κ1) is 15.3. The molecular weight excluding hydrogens is 324 g/mol. The number of aromatic hydroxyl groups is 1. The number of amides is 1. The molecule has 0 unspecified atom stereocenters. The van der Waals surface area contributed by atoms with E-state index in [1.165, 1.54) is 7.11 Å². The highest BCUT2D eigenvalue weighted by Gasteiger charge is 2.21. The topological polar surface area (TPSA) is 53.0 Å². The van der Waals surface area contributed by atoms with Crippen LogP contribution in [0.4, 0.5) is 0 Å². The van der Waals surface area contributed by atoms with Crippen molar-refractivity contribution in [2.45, 2.75) is 6.54 Å². The molecule has 0 spiro atoms. The molecule has 1 aliphatic heterocycles. The zero-order valence-corrected chi connectivity index (χ0v) is 13.1. The van der Waals surface area contributed by atoms with Crippen LogP contribution in [0.15, 0.2) is 22.7 Å². The summed E-state index contributed by atoms with van der Waals surface area (Å²) >= 11 is 3.49. The highest BCUT2D eigenvalue weighted by atomic mass is 79.9. The third-order valence-corrected chi connectivity index (χ3v) is 4.19. The van der Waals surface area contributed by atoms with Gasteiger partial charge in [0.1, 0.15) is 12.4 Å². The number of phenols is 1. The number of halogens is 1. The molecule has 0 bridgehead atoms. The van der Waals surface area contributed by atoms with Gasteiger partial charge in [0.15, 0.2) is 0 Å². The fraction of sp³-hybridized carbons (Fsp3) is 0.500. The maximum Gasteiger partial charge on any atom is 0.248 e. The van der Waals surface area contributed by atoms with Crippen LogP contribution in [0.5, 0.6) is 5.75 Å². The number of piperazine rings is 1. The molecule has 0 saturated carbocycles. The van der Waals surface area contributed by atoms with Gasteiger partial charge in [0, 0.05) is 44.3 Å². The molecule has 0 atom stereocenters. The average Bonchev–Trinajstić information content (AvgIpc) is 2.44. The smallest absolute Gasteiger partial charge is 0.248 e. The van der Waals surface area contributed by atoms with Crippen molar-refractivity contribution in [1.82, 2.24) is 9.80 Å². The molecule has 1 aromatic rings. The van der Waals surface area contributed by atoms with Crippen molar-refractivity contribution in [2.24, 2.45) is 0 Å². The Morgan fingerprint density at radius 3 is 2.70 bits per heavy atom. The predicted octanol–water partition coefficient (Wildman–Crippen LogP) is 1.45. The van der Waals surface area contributed by atoms with Crippen LogP contribution in [-0.2, 0) is 16.1 Å². The minimum atomic E-state index is 0.0469. The van der Waals surface area contributed by atoms with Crippen molar-refractivity contribution in [3.63, 3.8) is 0 Å². The number of rotatable bonds is 4. The summed E-state index contributed by atoms with van der Waals surface area (Å²) in [6.07, 6.45) is 0. The van der Waals surface area contributed by atoms with Gasteiger partial charge in [-0.2, -0.15) is 0 Å². The molecule has 1 heterocycles. The summed E-state index contributed by atoms with van der Waals surface area (Å²) in [5, 5.41) is 9.53. The van der Waals surface area contributed by atoms with Crippen LogP contribution in [0.3, 0.4) is 0 Å². The van der Waals surface area contributed by atoms with E-state index in [1.807, 2.05) is 11.0 Å². The predicted molar refractivity (Wildman–Crippen MR) is 79.5 cm³/mol. The van der Waals surface area contributed by atoms with E-state index in [0.717, 1.165) is 42.8 Å². The maximum atomic E-state index is 11.7. The van der Waals surface area contributed by atoms with E-state index in [9.17, 15) is 9.90 Å². The molecule has 1 aliphatic rings. The van der Waals surface area contributed by atoms with Gasteiger partial charge >= 0.3 is 0 Å². The van der Waals surface area contributed by atoms with Gasteiger partial charge in [-0.05, 0) is 23.8 Å². The molecule has 1 fully saturated rings. The number of carbonyl (C=O) groups is 1. The highest BCUT2D eigenvalue weighted by molar-refractivity contribution is 9.10. The number of benzene rings is 1. The zero-order valence-electron chi connectivity index (χ0n) is 11.5. The van der Waals surface area contributed by atoms with Crippen molar-refractivity contribution in [3.05, 3.63) is 28.2 Å². The van der Waals surface area contributed by atoms with Crippen molar-refractivity contribution in [2.75, 3.05) is 39.9 Å². The first-order valence-electron chi connectivity index (χ1n) is 6.56. The molecule has 1 amide bonds. The van der Waals surface area contributed by atoms with Crippen LogP contribution in [0.25, 0.3) is 0 Å². The molecule has 20 heavy (non-hydrogen) atoms. The van der Waals surface area contributed by atoms with Gasteiger partial charge in [-0.15, -0.1) is 0 Å². The second-order valence-corrected chi connectivity index (χ2v) is 5.72. The monoisotopic (exact) mass is 342 g/mol. The van der Waals surface area contributed by atoms with Crippen LogP contribution in [-0.4, -0.2) is 60.7 Å². The summed E-state index contributed by atoms with van der Waals surface area (Å²) in [6.45, 7) is 4.02. The Morgan fingerprint density at radius 1 is 1.35 bits per heavy atom. The summed E-state index contributed by atoms with van der Waals surface area (Å²) in [7, 11) is 1.54. The van der Waals surface area contributed by atoms with Crippen molar-refractivity contribution >= 4 is 21.8 Å². The second-order valence-electron chi connectivity index (χ2n) is 4.87. The minimum Gasteiger partial charge on any atom is -0.508 e. The van der Waals surface area contributed by atoms with Gasteiger partial charge in [0.05, 0.1) is 0 Å². The number of phenolic OH excluding ortho intramolecular Hbond substituents is 1. The van der Waals surface area contributed by atoms with Crippen LogP contribution < -0.4 is 0 Å². The molecule has 1 N–H and O–H groups in total. The molecule has 110 valence electrons. The third kappa shape index (κ3) is 3.94. The molecule has 5 nitrogen and oxygen atoms in total. The number of methoxy groups -OCH3 is 1. The zero-order chi connectivity index (χ0) is 14.5. The Morgan fingerprint density at radius 2 is 2.05 bits per heavy atom. The Kier molecular flexibility index (Phi) is 5.39. The summed E-state index contributed by atoms with van der Waals surface area (Å²) < 4.78 is 5.86. The van der Waals surface area contributed by atoms with Crippen molar-refractivity contribution in [1.29, 1.82) is 0 Å². The Hall–Kier alpha value is -1.11. The maximum absolute atomic E-state index is 11.7. The van der Waals surface area contributed by atoms with Gasteiger partial charge in [-0.3, -0.25) is 9.69 Å². The number of hydrogen-bond donors (Lipinski definition) is 1. The number of ether oxygens (including phenoxy) is 1. The number of nitrogens with zero attached hydrogens (tertiary/aromatic N) is 2. The van der Waals surface area contributed by atoms with Gasteiger partial charge in [0.2, 0.25) is 5.91 Å². The van der Waals surface area contributed by atoms with Crippen molar-refractivity contribution in [3.8, 4) is 5.75 Å². The Balaban J connectivity index is 1.88. The van der Waals surface area contributed by atoms with Gasteiger partial charge in [0.25, 0.3) is 0 Å². The average molecular weight is 343 g/mol. The van der Waals surface area contributed by atoms with Gasteiger partial charge in [-0.25, -0.2) is 0 Å². The van der Waals surface area contributed by atoms with Crippen LogP contribution in [0.1, 0.15) is 5.56 Å². The van der Waals surface area contributed by atoms with E-state index in [2.05, 4.69) is 20.8 Å². The fourth-order valence-electron chi connectivity index (χ4n) is 2.29. The van der Waals surface area contributed by atoms with E-state index < -0.39 is 0 Å². The van der Waals surface area contributed by atoms with Gasteiger partial charge in [-0.1, -0.05) is 15.9 Å². The summed E-state index contributed by atoms with van der Waals surface area (Å²) in [6, 6.07) is 5.28.